The van der Waals surface area contributed by atoms with Crippen LogP contribution in [0.5, 0.6) is 0 Å². The molecule has 0 radical (unpaired) electrons. The zero-order valence-electron chi connectivity index (χ0n) is 10.9. The summed E-state index contributed by atoms with van der Waals surface area (Å²) in [6, 6.07) is 7.53. The van der Waals surface area contributed by atoms with Gasteiger partial charge >= 0.3 is 0 Å². The molecule has 1 aromatic carbocycles. The van der Waals surface area contributed by atoms with Gasteiger partial charge in [-0.15, -0.1) is 0 Å². The first kappa shape index (κ1) is 13.1. The Labute approximate surface area is 112 Å². The van der Waals surface area contributed by atoms with Gasteiger partial charge in [0.15, 0.2) is 0 Å². The van der Waals surface area contributed by atoms with Crippen LogP contribution in [0.2, 0.25) is 0 Å². The zero-order valence-corrected chi connectivity index (χ0v) is 10.9. The van der Waals surface area contributed by atoms with E-state index in [1.807, 2.05) is 24.3 Å². The molecule has 19 heavy (non-hydrogen) atoms. The molecule has 0 unspecified atom stereocenters. The Bertz CT molecular complexity index is 522. The van der Waals surface area contributed by atoms with Gasteiger partial charge in [-0.2, -0.15) is 5.10 Å². The van der Waals surface area contributed by atoms with Crippen LogP contribution in [0.4, 0.5) is 5.69 Å². The normalized spacial score (nSPS) is 10.2. The van der Waals surface area contributed by atoms with Gasteiger partial charge in [0.2, 0.25) is 0 Å². The lowest BCUT2D eigenvalue weighted by Crippen LogP contribution is -2.23. The Hall–Kier alpha value is -2.30. The van der Waals surface area contributed by atoms with Crippen LogP contribution in [0.1, 0.15) is 29.3 Å². The summed E-state index contributed by atoms with van der Waals surface area (Å²) >= 11 is 0. The molecule has 1 heterocycles. The number of anilines is 1. The number of hydrogen-bond acceptors (Lipinski definition) is 3. The topological polar surface area (TPSA) is 69.8 Å². The standard InChI is InChI=1S/C14H18N4O/c1-2-7-15-13-6-4-3-5-12(13)14(19)16-8-11-9-17-18-10-11/h3-6,9-10,15H,2,7-8H2,1H3,(H,16,19)(H,17,18). The minimum absolute atomic E-state index is 0.0830. The molecule has 1 amide bonds. The number of carbonyl (C=O) groups is 1. The predicted octanol–water partition coefficient (Wildman–Crippen LogP) is 2.16. The maximum absolute atomic E-state index is 12.1. The van der Waals surface area contributed by atoms with Gasteiger partial charge in [-0.1, -0.05) is 19.1 Å². The Kier molecular flexibility index (Phi) is 4.55. The van der Waals surface area contributed by atoms with Gasteiger partial charge in [-0.25, -0.2) is 0 Å². The summed E-state index contributed by atoms with van der Waals surface area (Å²) in [4.78, 5) is 12.1. The first-order valence-electron chi connectivity index (χ1n) is 6.40. The van der Waals surface area contributed by atoms with Crippen LogP contribution in [0.15, 0.2) is 36.7 Å². The number of amides is 1. The van der Waals surface area contributed by atoms with Gasteiger partial charge in [0.25, 0.3) is 5.91 Å². The quantitative estimate of drug-likeness (QED) is 0.743. The Morgan fingerprint density at radius 2 is 2.21 bits per heavy atom. The molecule has 0 aliphatic carbocycles. The van der Waals surface area contributed by atoms with Crippen LogP contribution in [0.3, 0.4) is 0 Å². The van der Waals surface area contributed by atoms with Crippen molar-refractivity contribution < 1.29 is 4.79 Å². The summed E-state index contributed by atoms with van der Waals surface area (Å²) in [6.07, 6.45) is 4.48. The highest BCUT2D eigenvalue weighted by Crippen LogP contribution is 2.14. The molecule has 5 nitrogen and oxygen atoms in total. The Balaban J connectivity index is 2.01. The molecule has 2 rings (SSSR count). The summed E-state index contributed by atoms with van der Waals surface area (Å²) in [5.41, 5.74) is 2.49. The largest absolute Gasteiger partial charge is 0.384 e. The van der Waals surface area contributed by atoms with E-state index in [9.17, 15) is 4.79 Å². The fraction of sp³-hybridized carbons (Fsp3) is 0.286. The van der Waals surface area contributed by atoms with E-state index < -0.39 is 0 Å². The van der Waals surface area contributed by atoms with Crippen molar-refractivity contribution in [2.45, 2.75) is 19.9 Å². The molecule has 0 aliphatic heterocycles. The number of benzene rings is 1. The van der Waals surface area contributed by atoms with Crippen LogP contribution in [-0.2, 0) is 6.54 Å². The lowest BCUT2D eigenvalue weighted by molar-refractivity contribution is 0.0951. The number of rotatable bonds is 6. The average molecular weight is 258 g/mol. The van der Waals surface area contributed by atoms with E-state index in [4.69, 9.17) is 0 Å². The lowest BCUT2D eigenvalue weighted by Gasteiger charge is -2.11. The van der Waals surface area contributed by atoms with E-state index in [-0.39, 0.29) is 5.91 Å². The van der Waals surface area contributed by atoms with Crippen molar-refractivity contribution in [1.82, 2.24) is 15.5 Å². The lowest BCUT2D eigenvalue weighted by atomic mass is 10.1. The molecule has 0 aliphatic rings. The fourth-order valence-corrected chi connectivity index (χ4v) is 1.75. The molecule has 100 valence electrons. The van der Waals surface area contributed by atoms with Crippen LogP contribution in [-0.4, -0.2) is 22.6 Å². The van der Waals surface area contributed by atoms with Crippen molar-refractivity contribution in [1.29, 1.82) is 0 Å². The van der Waals surface area contributed by atoms with Crippen LogP contribution < -0.4 is 10.6 Å². The SMILES string of the molecule is CCCNc1ccccc1C(=O)NCc1cn[nH]c1. The molecular formula is C14H18N4O. The molecule has 0 saturated carbocycles. The fourth-order valence-electron chi connectivity index (χ4n) is 1.75. The highest BCUT2D eigenvalue weighted by Gasteiger charge is 2.10. The van der Waals surface area contributed by atoms with E-state index in [0.717, 1.165) is 24.2 Å². The third-order valence-electron chi connectivity index (χ3n) is 2.75. The molecule has 5 heteroatoms. The molecule has 0 spiro atoms. The second kappa shape index (κ2) is 6.58. The number of nitrogens with one attached hydrogen (secondary N) is 3. The average Bonchev–Trinajstić information content (AvgIpc) is 2.96. The van der Waals surface area contributed by atoms with Crippen LogP contribution in [0, 0.1) is 0 Å². The van der Waals surface area contributed by atoms with Gasteiger partial charge in [0, 0.05) is 30.5 Å². The second-order valence-electron chi connectivity index (χ2n) is 4.26. The third kappa shape index (κ3) is 3.58. The zero-order chi connectivity index (χ0) is 13.5. The van der Waals surface area contributed by atoms with Crippen molar-refractivity contribution in [3.63, 3.8) is 0 Å². The van der Waals surface area contributed by atoms with Gasteiger partial charge in [-0.3, -0.25) is 9.89 Å². The summed E-state index contributed by atoms with van der Waals surface area (Å²) in [6.45, 7) is 3.41. The molecular weight excluding hydrogens is 240 g/mol. The van der Waals surface area contributed by atoms with Crippen LogP contribution in [0.25, 0.3) is 0 Å². The number of aromatic nitrogens is 2. The molecule has 0 fully saturated rings. The van der Waals surface area contributed by atoms with Crippen molar-refractivity contribution in [3.05, 3.63) is 47.8 Å². The van der Waals surface area contributed by atoms with Gasteiger partial charge in [-0.05, 0) is 18.6 Å². The second-order valence-corrected chi connectivity index (χ2v) is 4.26. The van der Waals surface area contributed by atoms with E-state index in [2.05, 4.69) is 27.8 Å². The monoisotopic (exact) mass is 258 g/mol. The van der Waals surface area contributed by atoms with E-state index in [0.29, 0.717) is 12.1 Å². The van der Waals surface area contributed by atoms with Gasteiger partial charge < -0.3 is 10.6 Å². The number of para-hydroxylation sites is 1. The number of aromatic amines is 1. The molecule has 2 aromatic rings. The minimum atomic E-state index is -0.0830. The van der Waals surface area contributed by atoms with Crippen LogP contribution >= 0.6 is 0 Å². The molecule has 0 saturated heterocycles. The summed E-state index contributed by atoms with van der Waals surface area (Å²) in [5, 5.41) is 12.7. The van der Waals surface area contributed by atoms with Crippen molar-refractivity contribution in [2.75, 3.05) is 11.9 Å². The number of H-pyrrole nitrogens is 1. The third-order valence-corrected chi connectivity index (χ3v) is 2.75. The highest BCUT2D eigenvalue weighted by atomic mass is 16.1. The highest BCUT2D eigenvalue weighted by molar-refractivity contribution is 5.99. The van der Waals surface area contributed by atoms with Crippen molar-refractivity contribution in [3.8, 4) is 0 Å². The molecule has 0 bridgehead atoms. The summed E-state index contributed by atoms with van der Waals surface area (Å²) < 4.78 is 0. The molecule has 1 aromatic heterocycles. The van der Waals surface area contributed by atoms with Crippen molar-refractivity contribution in [2.24, 2.45) is 0 Å². The van der Waals surface area contributed by atoms with Crippen molar-refractivity contribution >= 4 is 11.6 Å². The number of carbonyl (C=O) groups excluding carboxylic acids is 1. The Morgan fingerprint density at radius 3 is 2.95 bits per heavy atom. The molecule has 0 atom stereocenters. The van der Waals surface area contributed by atoms with Gasteiger partial charge in [0.1, 0.15) is 0 Å². The summed E-state index contributed by atoms with van der Waals surface area (Å²) in [5.74, 6) is -0.0830. The first-order chi connectivity index (χ1) is 9.31. The van der Waals surface area contributed by atoms with E-state index in [1.54, 1.807) is 12.4 Å². The summed E-state index contributed by atoms with van der Waals surface area (Å²) in [7, 11) is 0. The maximum Gasteiger partial charge on any atom is 0.253 e. The Morgan fingerprint density at radius 1 is 1.37 bits per heavy atom. The number of hydrogen-bond donors (Lipinski definition) is 3. The predicted molar refractivity (Wildman–Crippen MR) is 75.0 cm³/mol. The van der Waals surface area contributed by atoms with Gasteiger partial charge in [0.05, 0.1) is 11.8 Å². The van der Waals surface area contributed by atoms with E-state index in [1.165, 1.54) is 0 Å². The molecule has 3 N–H and O–H groups in total. The maximum atomic E-state index is 12.1. The minimum Gasteiger partial charge on any atom is -0.384 e. The smallest absolute Gasteiger partial charge is 0.253 e. The van der Waals surface area contributed by atoms with E-state index >= 15 is 0 Å². The number of nitrogens with zero attached hydrogens (tertiary/aromatic N) is 1. The first-order valence-corrected chi connectivity index (χ1v) is 6.40.